The number of carbonyl (C=O) groups excluding carboxylic acids is 1. The largest absolute Gasteiger partial charge is 0.369 e. The number of thiazole rings is 1. The van der Waals surface area contributed by atoms with E-state index in [2.05, 4.69) is 39.5 Å². The molecule has 3 heterocycles. The number of amides is 1. The zero-order valence-electron chi connectivity index (χ0n) is 13.9. The van der Waals surface area contributed by atoms with Gasteiger partial charge >= 0.3 is 0 Å². The van der Waals surface area contributed by atoms with Gasteiger partial charge in [0.05, 0.1) is 5.69 Å². The summed E-state index contributed by atoms with van der Waals surface area (Å²) < 4.78 is 1.78. The van der Waals surface area contributed by atoms with Gasteiger partial charge in [0.2, 0.25) is 5.91 Å². The Morgan fingerprint density at radius 1 is 1.38 bits per heavy atom. The Labute approximate surface area is 144 Å². The van der Waals surface area contributed by atoms with Crippen LogP contribution in [0.25, 0.3) is 5.65 Å². The van der Waals surface area contributed by atoms with Crippen LogP contribution in [0.5, 0.6) is 0 Å². The highest BCUT2D eigenvalue weighted by atomic mass is 32.1. The number of hydrogen-bond acceptors (Lipinski definition) is 6. The number of nitrogens with one attached hydrogen (secondary N) is 2. The van der Waals surface area contributed by atoms with Crippen molar-refractivity contribution >= 4 is 33.8 Å². The molecule has 7 nitrogen and oxygen atoms in total. The van der Waals surface area contributed by atoms with Crippen LogP contribution in [-0.2, 0) is 4.79 Å². The summed E-state index contributed by atoms with van der Waals surface area (Å²) in [6, 6.07) is 3.94. The van der Waals surface area contributed by atoms with Gasteiger partial charge in [-0.15, -0.1) is 11.3 Å². The topological polar surface area (TPSA) is 84.2 Å². The van der Waals surface area contributed by atoms with Crippen molar-refractivity contribution in [3.8, 4) is 0 Å². The normalized spacial score (nSPS) is 11.2. The highest BCUT2D eigenvalue weighted by Gasteiger charge is 2.11. The van der Waals surface area contributed by atoms with E-state index in [9.17, 15) is 4.79 Å². The lowest BCUT2D eigenvalue weighted by atomic mass is 10.1. The number of rotatable bonds is 6. The molecule has 2 N–H and O–H groups in total. The van der Waals surface area contributed by atoms with E-state index in [4.69, 9.17) is 0 Å². The lowest BCUT2D eigenvalue weighted by molar-refractivity contribution is -0.115. The van der Waals surface area contributed by atoms with E-state index in [0.717, 1.165) is 22.9 Å². The molecule has 3 aromatic rings. The summed E-state index contributed by atoms with van der Waals surface area (Å²) in [5.41, 5.74) is 2.72. The Morgan fingerprint density at radius 3 is 2.92 bits per heavy atom. The molecule has 3 rings (SSSR count). The van der Waals surface area contributed by atoms with Gasteiger partial charge in [-0.2, -0.15) is 9.61 Å². The predicted octanol–water partition coefficient (Wildman–Crippen LogP) is 3.06. The molecular formula is C16H20N6OS. The predicted molar refractivity (Wildman–Crippen MR) is 95.7 cm³/mol. The Bertz CT molecular complexity index is 840. The van der Waals surface area contributed by atoms with Gasteiger partial charge in [0.1, 0.15) is 5.82 Å². The molecule has 0 saturated carbocycles. The van der Waals surface area contributed by atoms with Crippen LogP contribution >= 0.6 is 11.3 Å². The minimum atomic E-state index is -0.0662. The molecule has 1 amide bonds. The molecule has 0 aromatic carbocycles. The number of fused-ring (bicyclic) bond motifs is 1. The van der Waals surface area contributed by atoms with Gasteiger partial charge in [0, 0.05) is 42.4 Å². The maximum absolute atomic E-state index is 11.9. The van der Waals surface area contributed by atoms with Crippen LogP contribution < -0.4 is 10.6 Å². The fourth-order valence-corrected chi connectivity index (χ4v) is 2.85. The highest BCUT2D eigenvalue weighted by molar-refractivity contribution is 7.13. The molecule has 0 aliphatic carbocycles. The molecule has 8 heteroatoms. The number of aryl methyl sites for hydroxylation is 1. The van der Waals surface area contributed by atoms with Crippen LogP contribution in [0.4, 0.5) is 10.9 Å². The summed E-state index contributed by atoms with van der Waals surface area (Å²) in [4.78, 5) is 20.6. The smallest absolute Gasteiger partial charge is 0.227 e. The van der Waals surface area contributed by atoms with Gasteiger partial charge in [-0.3, -0.25) is 4.79 Å². The first kappa shape index (κ1) is 16.4. The third-order valence-electron chi connectivity index (χ3n) is 3.50. The maximum atomic E-state index is 11.9. The van der Waals surface area contributed by atoms with E-state index in [-0.39, 0.29) is 5.91 Å². The van der Waals surface area contributed by atoms with Crippen LogP contribution in [0, 0.1) is 6.92 Å². The van der Waals surface area contributed by atoms with Crippen molar-refractivity contribution in [3.05, 3.63) is 35.1 Å². The summed E-state index contributed by atoms with van der Waals surface area (Å²) in [6.45, 7) is 6.66. The van der Waals surface area contributed by atoms with Gasteiger partial charge in [-0.05, 0) is 12.8 Å². The first-order valence-corrected chi connectivity index (χ1v) is 8.71. The van der Waals surface area contributed by atoms with Crippen molar-refractivity contribution < 1.29 is 4.79 Å². The van der Waals surface area contributed by atoms with Gasteiger partial charge < -0.3 is 10.6 Å². The van der Waals surface area contributed by atoms with Crippen molar-refractivity contribution in [1.29, 1.82) is 0 Å². The standard InChI is InChI=1S/C16H20N6OS/c1-10(2)12-9-13(22-14(19-12)8-11(3)21-22)17-5-4-15(23)20-16-18-6-7-24-16/h6-10,17H,4-5H2,1-3H3,(H,18,20,23). The average Bonchev–Trinajstić information content (AvgIpc) is 3.15. The molecule has 24 heavy (non-hydrogen) atoms. The number of aromatic nitrogens is 4. The Kier molecular flexibility index (Phi) is 4.75. The number of carbonyl (C=O) groups is 1. The second kappa shape index (κ2) is 6.96. The van der Waals surface area contributed by atoms with E-state index >= 15 is 0 Å². The molecular weight excluding hydrogens is 324 g/mol. The molecule has 3 aromatic heterocycles. The fourth-order valence-electron chi connectivity index (χ4n) is 2.30. The number of hydrogen-bond donors (Lipinski definition) is 2. The highest BCUT2D eigenvalue weighted by Crippen LogP contribution is 2.19. The second-order valence-electron chi connectivity index (χ2n) is 5.84. The molecule has 0 radical (unpaired) electrons. The molecule has 0 unspecified atom stereocenters. The van der Waals surface area contributed by atoms with E-state index in [1.165, 1.54) is 11.3 Å². The van der Waals surface area contributed by atoms with Crippen LogP contribution in [0.1, 0.15) is 37.6 Å². The molecule has 0 aliphatic rings. The Morgan fingerprint density at radius 2 is 2.21 bits per heavy atom. The third-order valence-corrected chi connectivity index (χ3v) is 4.19. The monoisotopic (exact) mass is 344 g/mol. The maximum Gasteiger partial charge on any atom is 0.227 e. The van der Waals surface area contributed by atoms with Gasteiger partial charge in [-0.25, -0.2) is 9.97 Å². The van der Waals surface area contributed by atoms with Gasteiger partial charge in [0.25, 0.3) is 0 Å². The van der Waals surface area contributed by atoms with Crippen LogP contribution in [-0.4, -0.2) is 32.0 Å². The fraction of sp³-hybridized carbons (Fsp3) is 0.375. The lowest BCUT2D eigenvalue weighted by Gasteiger charge is -2.12. The lowest BCUT2D eigenvalue weighted by Crippen LogP contribution is -2.17. The van der Waals surface area contributed by atoms with Crippen LogP contribution in [0.15, 0.2) is 23.7 Å². The van der Waals surface area contributed by atoms with Crippen molar-refractivity contribution in [2.24, 2.45) is 0 Å². The molecule has 0 bridgehead atoms. The van der Waals surface area contributed by atoms with Crippen LogP contribution in [0.2, 0.25) is 0 Å². The quantitative estimate of drug-likeness (QED) is 0.718. The zero-order chi connectivity index (χ0) is 17.1. The van der Waals surface area contributed by atoms with Crippen molar-refractivity contribution in [2.75, 3.05) is 17.2 Å². The Balaban J connectivity index is 1.69. The Hall–Kier alpha value is -2.48. The number of anilines is 2. The van der Waals surface area contributed by atoms with E-state index in [1.807, 2.05) is 24.4 Å². The molecule has 0 atom stereocenters. The molecule has 126 valence electrons. The minimum Gasteiger partial charge on any atom is -0.369 e. The summed E-state index contributed by atoms with van der Waals surface area (Å²) in [5.74, 6) is 1.10. The second-order valence-corrected chi connectivity index (χ2v) is 6.73. The third kappa shape index (κ3) is 3.70. The minimum absolute atomic E-state index is 0.0662. The first-order chi connectivity index (χ1) is 11.5. The number of nitrogens with zero attached hydrogens (tertiary/aromatic N) is 4. The van der Waals surface area contributed by atoms with E-state index in [1.54, 1.807) is 10.7 Å². The molecule has 0 fully saturated rings. The summed E-state index contributed by atoms with van der Waals surface area (Å²) in [7, 11) is 0. The van der Waals surface area contributed by atoms with E-state index in [0.29, 0.717) is 24.0 Å². The zero-order valence-corrected chi connectivity index (χ0v) is 14.7. The molecule has 0 aliphatic heterocycles. The van der Waals surface area contributed by atoms with Crippen LogP contribution in [0.3, 0.4) is 0 Å². The summed E-state index contributed by atoms with van der Waals surface area (Å²) >= 11 is 1.41. The summed E-state index contributed by atoms with van der Waals surface area (Å²) in [5, 5.41) is 13.0. The van der Waals surface area contributed by atoms with Gasteiger partial charge in [0.15, 0.2) is 10.8 Å². The molecule has 0 saturated heterocycles. The molecule has 0 spiro atoms. The van der Waals surface area contributed by atoms with E-state index < -0.39 is 0 Å². The van der Waals surface area contributed by atoms with Crippen molar-refractivity contribution in [1.82, 2.24) is 19.6 Å². The SMILES string of the molecule is Cc1cc2nc(C(C)C)cc(NCCC(=O)Nc3nccs3)n2n1. The summed E-state index contributed by atoms with van der Waals surface area (Å²) in [6.07, 6.45) is 2.01. The first-order valence-electron chi connectivity index (χ1n) is 7.83. The van der Waals surface area contributed by atoms with Crippen molar-refractivity contribution in [2.45, 2.75) is 33.1 Å². The van der Waals surface area contributed by atoms with Gasteiger partial charge in [-0.1, -0.05) is 13.8 Å². The van der Waals surface area contributed by atoms with Crippen molar-refractivity contribution in [3.63, 3.8) is 0 Å². The average molecular weight is 344 g/mol.